The predicted octanol–water partition coefficient (Wildman–Crippen LogP) is 4.77. The van der Waals surface area contributed by atoms with E-state index in [4.69, 9.17) is 9.47 Å². The molecule has 1 saturated heterocycles. The number of para-hydroxylation sites is 2. The van der Waals surface area contributed by atoms with Gasteiger partial charge in [0.05, 0.1) is 23.9 Å². The summed E-state index contributed by atoms with van der Waals surface area (Å²) in [7, 11) is 2.05. The molecule has 3 atom stereocenters. The molecule has 0 aromatic heterocycles. The zero-order chi connectivity index (χ0) is 31.1. The molecule has 1 fully saturated rings. The third-order valence-electron chi connectivity index (χ3n) is 8.51. The number of nitrogens with one attached hydrogen (secondary N) is 2. The van der Waals surface area contributed by atoms with Crippen LogP contribution < -0.4 is 20.1 Å². The number of rotatable bonds is 10. The lowest BCUT2D eigenvalue weighted by Crippen LogP contribution is -2.49. The molecule has 3 aromatic rings. The second-order valence-electron chi connectivity index (χ2n) is 12.1. The standard InChI is InChI=1S/C35H44N4O5/c1-24-20-39(25(2)23-40)35(42)30-10-7-11-31(37-34(41)27-16-18-36-19-17-27)33(30)44-32(24)22-38(3)21-26-12-14-29(15-13-26)43-28-8-5-4-6-9-28/h4-15,24-25,27,32,36,40H,16-23H2,1-3H3,(H,37,41)/t24-,25-,32+/m0/s1. The van der Waals surface area contributed by atoms with E-state index in [1.54, 1.807) is 23.1 Å². The van der Waals surface area contributed by atoms with Crippen LogP contribution in [0.1, 0.15) is 42.6 Å². The molecule has 0 spiro atoms. The van der Waals surface area contributed by atoms with Crippen molar-refractivity contribution in [1.29, 1.82) is 0 Å². The molecule has 9 nitrogen and oxygen atoms in total. The maximum atomic E-state index is 13.8. The first-order chi connectivity index (χ1) is 21.3. The van der Waals surface area contributed by atoms with Crippen LogP contribution in [0.25, 0.3) is 0 Å². The number of benzene rings is 3. The van der Waals surface area contributed by atoms with Gasteiger partial charge in [-0.15, -0.1) is 0 Å². The van der Waals surface area contributed by atoms with Crippen molar-refractivity contribution < 1.29 is 24.2 Å². The second-order valence-corrected chi connectivity index (χ2v) is 12.1. The third-order valence-corrected chi connectivity index (χ3v) is 8.51. The van der Waals surface area contributed by atoms with Gasteiger partial charge < -0.3 is 30.1 Å². The van der Waals surface area contributed by atoms with Crippen molar-refractivity contribution in [3.63, 3.8) is 0 Å². The Balaban J connectivity index is 1.34. The molecule has 5 rings (SSSR count). The molecule has 0 aliphatic carbocycles. The average molecular weight is 601 g/mol. The van der Waals surface area contributed by atoms with E-state index in [-0.39, 0.29) is 42.4 Å². The summed E-state index contributed by atoms with van der Waals surface area (Å²) in [6.45, 7) is 7.11. The van der Waals surface area contributed by atoms with Crippen LogP contribution >= 0.6 is 0 Å². The van der Waals surface area contributed by atoms with Crippen LogP contribution in [0.15, 0.2) is 72.8 Å². The predicted molar refractivity (Wildman–Crippen MR) is 171 cm³/mol. The first-order valence-corrected chi connectivity index (χ1v) is 15.6. The Labute approximate surface area is 260 Å². The second kappa shape index (κ2) is 14.7. The van der Waals surface area contributed by atoms with Crippen molar-refractivity contribution in [1.82, 2.24) is 15.1 Å². The fourth-order valence-electron chi connectivity index (χ4n) is 5.85. The van der Waals surface area contributed by atoms with Crippen molar-refractivity contribution in [2.24, 2.45) is 11.8 Å². The molecular formula is C35H44N4O5. The van der Waals surface area contributed by atoms with Crippen LogP contribution in [0.5, 0.6) is 17.2 Å². The molecular weight excluding hydrogens is 556 g/mol. The summed E-state index contributed by atoms with van der Waals surface area (Å²) in [6.07, 6.45) is 1.26. The molecule has 0 bridgehead atoms. The maximum absolute atomic E-state index is 13.8. The van der Waals surface area contributed by atoms with E-state index in [0.717, 1.165) is 43.0 Å². The number of carbonyl (C=O) groups is 2. The van der Waals surface area contributed by atoms with Crippen molar-refractivity contribution in [2.45, 2.75) is 45.4 Å². The Kier molecular flexibility index (Phi) is 10.5. The Hall–Kier alpha value is -3.92. The first kappa shape index (κ1) is 31.5. The minimum absolute atomic E-state index is 0.0432. The summed E-state index contributed by atoms with van der Waals surface area (Å²) < 4.78 is 12.6. The number of anilines is 1. The molecule has 2 aliphatic heterocycles. The quantitative estimate of drug-likeness (QED) is 0.308. The lowest BCUT2D eigenvalue weighted by atomic mass is 9.96. The van der Waals surface area contributed by atoms with E-state index in [0.29, 0.717) is 36.6 Å². The lowest BCUT2D eigenvalue weighted by Gasteiger charge is -2.38. The van der Waals surface area contributed by atoms with E-state index in [2.05, 4.69) is 34.6 Å². The topological polar surface area (TPSA) is 103 Å². The summed E-state index contributed by atoms with van der Waals surface area (Å²) in [6, 6.07) is 22.7. The fourth-order valence-corrected chi connectivity index (χ4v) is 5.85. The van der Waals surface area contributed by atoms with E-state index in [1.165, 1.54) is 0 Å². The van der Waals surface area contributed by atoms with Crippen molar-refractivity contribution in [3.05, 3.63) is 83.9 Å². The molecule has 3 aromatic carbocycles. The highest BCUT2D eigenvalue weighted by molar-refractivity contribution is 6.02. The molecule has 2 amide bonds. The van der Waals surface area contributed by atoms with E-state index < -0.39 is 0 Å². The van der Waals surface area contributed by atoms with Crippen molar-refractivity contribution in [3.8, 4) is 17.2 Å². The van der Waals surface area contributed by atoms with E-state index in [9.17, 15) is 14.7 Å². The minimum Gasteiger partial charge on any atom is -0.486 e. The minimum atomic E-state index is -0.362. The number of nitrogens with zero attached hydrogens (tertiary/aromatic N) is 2. The van der Waals surface area contributed by atoms with Crippen LogP contribution in [0.2, 0.25) is 0 Å². The molecule has 3 N–H and O–H groups in total. The number of ether oxygens (including phenoxy) is 2. The van der Waals surface area contributed by atoms with Crippen molar-refractivity contribution >= 4 is 17.5 Å². The molecule has 0 saturated carbocycles. The molecule has 0 unspecified atom stereocenters. The molecule has 44 heavy (non-hydrogen) atoms. The van der Waals surface area contributed by atoms with Crippen LogP contribution in [-0.2, 0) is 11.3 Å². The summed E-state index contributed by atoms with van der Waals surface area (Å²) in [5.74, 6) is 1.56. The van der Waals surface area contributed by atoms with Gasteiger partial charge >= 0.3 is 0 Å². The molecule has 234 valence electrons. The van der Waals surface area contributed by atoms with Gasteiger partial charge in [-0.3, -0.25) is 14.5 Å². The van der Waals surface area contributed by atoms with Crippen LogP contribution in [0.3, 0.4) is 0 Å². The monoisotopic (exact) mass is 600 g/mol. The third kappa shape index (κ3) is 7.77. The highest BCUT2D eigenvalue weighted by atomic mass is 16.5. The number of likely N-dealkylation sites (N-methyl/N-ethyl adjacent to an activating group) is 1. The number of hydrogen-bond donors (Lipinski definition) is 3. The number of amides is 2. The number of hydrogen-bond acceptors (Lipinski definition) is 7. The van der Waals surface area contributed by atoms with Gasteiger partial charge in [0.1, 0.15) is 17.6 Å². The SMILES string of the molecule is C[C@H]1CN([C@@H](C)CO)C(=O)c2cccc(NC(=O)C3CCNCC3)c2O[C@@H]1CN(C)Cc1ccc(Oc2ccccc2)cc1. The Morgan fingerprint density at radius 2 is 1.77 bits per heavy atom. The Morgan fingerprint density at radius 1 is 1.07 bits per heavy atom. The van der Waals surface area contributed by atoms with Gasteiger partial charge in [0.15, 0.2) is 5.75 Å². The van der Waals surface area contributed by atoms with E-state index >= 15 is 0 Å². The first-order valence-electron chi connectivity index (χ1n) is 15.6. The fraction of sp³-hybridized carbons (Fsp3) is 0.429. The Bertz CT molecular complexity index is 1390. The number of aliphatic hydroxyl groups is 1. The zero-order valence-electron chi connectivity index (χ0n) is 25.9. The van der Waals surface area contributed by atoms with Crippen LogP contribution in [0, 0.1) is 11.8 Å². The maximum Gasteiger partial charge on any atom is 0.258 e. The van der Waals surface area contributed by atoms with E-state index in [1.807, 2.05) is 56.4 Å². The summed E-state index contributed by atoms with van der Waals surface area (Å²) >= 11 is 0. The summed E-state index contributed by atoms with van der Waals surface area (Å²) in [5.41, 5.74) is 2.03. The average Bonchev–Trinajstić information content (AvgIpc) is 3.04. The van der Waals surface area contributed by atoms with Gasteiger partial charge in [-0.1, -0.05) is 43.3 Å². The molecule has 9 heteroatoms. The normalized spacial score (nSPS) is 19.8. The number of fused-ring (bicyclic) bond motifs is 1. The van der Waals surface area contributed by atoms with Gasteiger partial charge in [-0.25, -0.2) is 0 Å². The van der Waals surface area contributed by atoms with Crippen molar-refractivity contribution in [2.75, 3.05) is 45.2 Å². The van der Waals surface area contributed by atoms with Gasteiger partial charge in [-0.2, -0.15) is 0 Å². The smallest absolute Gasteiger partial charge is 0.258 e. The molecule has 0 radical (unpaired) electrons. The van der Waals surface area contributed by atoms with Gasteiger partial charge in [0.2, 0.25) is 5.91 Å². The highest BCUT2D eigenvalue weighted by Crippen LogP contribution is 2.35. The summed E-state index contributed by atoms with van der Waals surface area (Å²) in [4.78, 5) is 30.9. The van der Waals surface area contributed by atoms with Gasteiger partial charge in [0, 0.05) is 31.5 Å². The largest absolute Gasteiger partial charge is 0.486 e. The Morgan fingerprint density at radius 3 is 2.48 bits per heavy atom. The zero-order valence-corrected chi connectivity index (χ0v) is 25.9. The van der Waals surface area contributed by atoms with Crippen LogP contribution in [0.4, 0.5) is 5.69 Å². The number of carbonyl (C=O) groups excluding carboxylic acids is 2. The highest BCUT2D eigenvalue weighted by Gasteiger charge is 2.35. The molecule has 2 aliphatic rings. The van der Waals surface area contributed by atoms with Gasteiger partial charge in [-0.05, 0) is 81.9 Å². The summed E-state index contributed by atoms with van der Waals surface area (Å²) in [5, 5.41) is 16.4. The lowest BCUT2D eigenvalue weighted by molar-refractivity contribution is -0.120. The molecule has 2 heterocycles. The van der Waals surface area contributed by atoms with Crippen LogP contribution in [-0.4, -0.2) is 78.7 Å². The number of aliphatic hydroxyl groups excluding tert-OH is 1. The number of piperidine rings is 1. The van der Waals surface area contributed by atoms with Gasteiger partial charge in [0.25, 0.3) is 5.91 Å².